The average Bonchev–Trinajstić information content (AvgIpc) is 2.46. The fourth-order valence-corrected chi connectivity index (χ4v) is 1.57. The first-order chi connectivity index (χ1) is 9.77. The van der Waals surface area contributed by atoms with Gasteiger partial charge in [0.1, 0.15) is 12.4 Å². The van der Waals surface area contributed by atoms with Crippen LogP contribution in [-0.2, 0) is 14.2 Å². The average molecular weight is 282 g/mol. The summed E-state index contributed by atoms with van der Waals surface area (Å²) in [5, 5.41) is 0. The van der Waals surface area contributed by atoms with E-state index < -0.39 is 0 Å². The summed E-state index contributed by atoms with van der Waals surface area (Å²) >= 11 is 0. The maximum Gasteiger partial charge on any atom is 0.153 e. The molecule has 5 heteroatoms. The lowest BCUT2D eigenvalue weighted by atomic mass is 10.1. The minimum absolute atomic E-state index is 0.405. The van der Waals surface area contributed by atoms with E-state index >= 15 is 0 Å². The Bertz CT molecular complexity index is 392. The van der Waals surface area contributed by atoms with Gasteiger partial charge >= 0.3 is 0 Å². The van der Waals surface area contributed by atoms with Crippen LogP contribution in [0.2, 0.25) is 0 Å². The summed E-state index contributed by atoms with van der Waals surface area (Å²) in [6.45, 7) is 5.01. The molecule has 0 atom stereocenters. The molecule has 0 aliphatic carbocycles. The van der Waals surface area contributed by atoms with Crippen molar-refractivity contribution in [3.05, 3.63) is 29.3 Å². The summed E-state index contributed by atoms with van der Waals surface area (Å²) in [5.41, 5.74) is 1.59. The quantitative estimate of drug-likeness (QED) is 0.458. The lowest BCUT2D eigenvalue weighted by Crippen LogP contribution is -2.12. The zero-order valence-electron chi connectivity index (χ0n) is 12.1. The molecule has 1 aromatic carbocycles. The number of ether oxygens (including phenoxy) is 4. The number of carbonyl (C=O) groups is 1. The van der Waals surface area contributed by atoms with Crippen molar-refractivity contribution in [3.8, 4) is 5.75 Å². The summed E-state index contributed by atoms with van der Waals surface area (Å²) in [4.78, 5) is 10.9. The third-order valence-electron chi connectivity index (χ3n) is 2.58. The molecule has 0 aliphatic rings. The number of aryl methyl sites for hydroxylation is 1. The van der Waals surface area contributed by atoms with Crippen molar-refractivity contribution in [2.45, 2.75) is 6.92 Å². The molecular formula is C15H22O5. The summed E-state index contributed by atoms with van der Waals surface area (Å²) in [6, 6.07) is 5.51. The SMILES string of the molecule is COCCOCCOCCOc1ccc(C)cc1C=O. The van der Waals surface area contributed by atoms with E-state index in [-0.39, 0.29) is 0 Å². The molecule has 0 radical (unpaired) electrons. The van der Waals surface area contributed by atoms with Gasteiger partial charge in [0.2, 0.25) is 0 Å². The molecule has 0 spiro atoms. The van der Waals surface area contributed by atoms with Crippen LogP contribution in [-0.4, -0.2) is 53.0 Å². The van der Waals surface area contributed by atoms with Gasteiger partial charge in [-0.2, -0.15) is 0 Å². The van der Waals surface area contributed by atoms with Crippen molar-refractivity contribution in [1.82, 2.24) is 0 Å². The van der Waals surface area contributed by atoms with E-state index in [0.717, 1.165) is 11.8 Å². The molecule has 112 valence electrons. The van der Waals surface area contributed by atoms with Gasteiger partial charge in [-0.25, -0.2) is 0 Å². The largest absolute Gasteiger partial charge is 0.490 e. The Hall–Kier alpha value is -1.43. The van der Waals surface area contributed by atoms with Crippen LogP contribution in [0.15, 0.2) is 18.2 Å². The van der Waals surface area contributed by atoms with Crippen LogP contribution in [0.5, 0.6) is 5.75 Å². The number of rotatable bonds is 11. The number of carbonyl (C=O) groups excluding carboxylic acids is 1. The van der Waals surface area contributed by atoms with Crippen LogP contribution in [0.3, 0.4) is 0 Å². The van der Waals surface area contributed by atoms with Crippen molar-refractivity contribution in [1.29, 1.82) is 0 Å². The van der Waals surface area contributed by atoms with Crippen molar-refractivity contribution >= 4 is 6.29 Å². The molecule has 0 saturated heterocycles. The van der Waals surface area contributed by atoms with E-state index in [1.165, 1.54) is 0 Å². The van der Waals surface area contributed by atoms with E-state index in [2.05, 4.69) is 0 Å². The van der Waals surface area contributed by atoms with Gasteiger partial charge in [0.05, 0.1) is 38.6 Å². The zero-order chi connectivity index (χ0) is 14.6. The molecule has 0 amide bonds. The normalized spacial score (nSPS) is 10.5. The Morgan fingerprint density at radius 2 is 1.65 bits per heavy atom. The van der Waals surface area contributed by atoms with E-state index in [1.54, 1.807) is 19.2 Å². The van der Waals surface area contributed by atoms with Gasteiger partial charge in [-0.05, 0) is 19.1 Å². The van der Waals surface area contributed by atoms with Crippen molar-refractivity contribution in [2.75, 3.05) is 46.8 Å². The van der Waals surface area contributed by atoms with Crippen LogP contribution >= 0.6 is 0 Å². The highest BCUT2D eigenvalue weighted by Gasteiger charge is 2.02. The molecule has 0 saturated carbocycles. The Kier molecular flexibility index (Phi) is 8.62. The summed E-state index contributed by atoms with van der Waals surface area (Å²) in [7, 11) is 1.63. The van der Waals surface area contributed by atoms with Crippen LogP contribution in [0.4, 0.5) is 0 Å². The van der Waals surface area contributed by atoms with E-state index in [4.69, 9.17) is 18.9 Å². The predicted molar refractivity (Wildman–Crippen MR) is 75.6 cm³/mol. The Labute approximate surface area is 119 Å². The molecule has 5 nitrogen and oxygen atoms in total. The minimum Gasteiger partial charge on any atom is -0.490 e. The van der Waals surface area contributed by atoms with Crippen LogP contribution in [0, 0.1) is 6.92 Å². The molecule has 1 aromatic rings. The zero-order valence-corrected chi connectivity index (χ0v) is 12.1. The highest BCUT2D eigenvalue weighted by molar-refractivity contribution is 5.79. The second kappa shape index (κ2) is 10.4. The molecule has 1 rings (SSSR count). The molecule has 0 aromatic heterocycles. The minimum atomic E-state index is 0.405. The molecule has 0 N–H and O–H groups in total. The Balaban J connectivity index is 2.11. The Morgan fingerprint density at radius 1 is 1.00 bits per heavy atom. The van der Waals surface area contributed by atoms with E-state index in [9.17, 15) is 4.79 Å². The van der Waals surface area contributed by atoms with Crippen LogP contribution < -0.4 is 4.74 Å². The van der Waals surface area contributed by atoms with Crippen LogP contribution in [0.1, 0.15) is 15.9 Å². The maximum atomic E-state index is 10.9. The number of hydrogen-bond acceptors (Lipinski definition) is 5. The summed E-state index contributed by atoms with van der Waals surface area (Å²) in [5.74, 6) is 0.588. The number of methoxy groups -OCH3 is 1. The van der Waals surface area contributed by atoms with Gasteiger partial charge in [-0.1, -0.05) is 11.6 Å². The number of aldehydes is 1. The van der Waals surface area contributed by atoms with Gasteiger partial charge in [0, 0.05) is 7.11 Å². The maximum absolute atomic E-state index is 10.9. The molecule has 0 aliphatic heterocycles. The molecular weight excluding hydrogens is 260 g/mol. The third-order valence-corrected chi connectivity index (χ3v) is 2.58. The van der Waals surface area contributed by atoms with Crippen molar-refractivity contribution < 1.29 is 23.7 Å². The highest BCUT2D eigenvalue weighted by Crippen LogP contribution is 2.17. The van der Waals surface area contributed by atoms with Gasteiger partial charge in [-0.15, -0.1) is 0 Å². The smallest absolute Gasteiger partial charge is 0.153 e. The molecule has 0 bridgehead atoms. The fourth-order valence-electron chi connectivity index (χ4n) is 1.57. The highest BCUT2D eigenvalue weighted by atomic mass is 16.6. The lowest BCUT2D eigenvalue weighted by molar-refractivity contribution is 0.0179. The second-order valence-electron chi connectivity index (χ2n) is 4.23. The first kappa shape index (κ1) is 16.6. The van der Waals surface area contributed by atoms with E-state index in [1.807, 2.05) is 13.0 Å². The van der Waals surface area contributed by atoms with Gasteiger partial charge in [0.15, 0.2) is 6.29 Å². The molecule has 0 heterocycles. The van der Waals surface area contributed by atoms with Gasteiger partial charge in [-0.3, -0.25) is 4.79 Å². The topological polar surface area (TPSA) is 54.0 Å². The first-order valence-corrected chi connectivity index (χ1v) is 6.61. The number of benzene rings is 1. The first-order valence-electron chi connectivity index (χ1n) is 6.61. The third kappa shape index (κ3) is 6.65. The summed E-state index contributed by atoms with van der Waals surface area (Å²) < 4.78 is 21.0. The predicted octanol–water partition coefficient (Wildman–Crippen LogP) is 1.87. The summed E-state index contributed by atoms with van der Waals surface area (Å²) in [6.07, 6.45) is 0.798. The van der Waals surface area contributed by atoms with Crippen LogP contribution in [0.25, 0.3) is 0 Å². The molecule has 0 unspecified atom stereocenters. The Morgan fingerprint density at radius 3 is 2.30 bits per heavy atom. The van der Waals surface area contributed by atoms with Gasteiger partial charge < -0.3 is 18.9 Å². The monoisotopic (exact) mass is 282 g/mol. The standard InChI is InChI=1S/C15H22O5/c1-13-3-4-15(14(11-13)12-16)20-10-9-19-8-7-18-6-5-17-2/h3-4,11-12H,5-10H2,1-2H3. The fraction of sp³-hybridized carbons (Fsp3) is 0.533. The van der Waals surface area contributed by atoms with Crippen molar-refractivity contribution in [2.24, 2.45) is 0 Å². The molecule has 20 heavy (non-hydrogen) atoms. The lowest BCUT2D eigenvalue weighted by Gasteiger charge is -2.09. The van der Waals surface area contributed by atoms with E-state index in [0.29, 0.717) is 51.0 Å². The second-order valence-corrected chi connectivity index (χ2v) is 4.23. The number of hydrogen-bond donors (Lipinski definition) is 0. The van der Waals surface area contributed by atoms with Gasteiger partial charge in [0.25, 0.3) is 0 Å². The van der Waals surface area contributed by atoms with Crippen molar-refractivity contribution in [3.63, 3.8) is 0 Å². The molecule has 0 fully saturated rings.